The molecule has 1 N–H and O–H groups in total. The average molecular weight is 430 g/mol. The summed E-state index contributed by atoms with van der Waals surface area (Å²) in [5.41, 5.74) is 1.05. The molecule has 0 radical (unpaired) electrons. The van der Waals surface area contributed by atoms with Gasteiger partial charge in [-0.25, -0.2) is 9.59 Å². The van der Waals surface area contributed by atoms with E-state index in [0.717, 1.165) is 4.47 Å². The molecule has 1 fully saturated rings. The van der Waals surface area contributed by atoms with Crippen LogP contribution in [-0.4, -0.2) is 23.5 Å². The van der Waals surface area contributed by atoms with E-state index >= 15 is 0 Å². The highest BCUT2D eigenvalue weighted by Crippen LogP contribution is 2.26. The molecule has 0 spiro atoms. The van der Waals surface area contributed by atoms with E-state index < -0.39 is 17.7 Å². The molecular weight excluding hydrogens is 414 g/mol. The Labute approximate surface area is 164 Å². The van der Waals surface area contributed by atoms with Gasteiger partial charge < -0.3 is 14.8 Å². The van der Waals surface area contributed by atoms with Crippen LogP contribution in [0, 0.1) is 0 Å². The topological polar surface area (TPSA) is 81.7 Å². The van der Waals surface area contributed by atoms with Crippen molar-refractivity contribution in [2.45, 2.75) is 19.6 Å². The molecule has 3 rings (SSSR count). The number of ether oxygens (including phenoxy) is 2. The largest absolute Gasteiger partial charge is 0.419 e. The number of cyclic esters (lactones) is 2. The highest BCUT2D eigenvalue weighted by atomic mass is 79.9. The summed E-state index contributed by atoms with van der Waals surface area (Å²) in [4.78, 5) is 36.9. The van der Waals surface area contributed by atoms with Crippen LogP contribution < -0.4 is 5.32 Å². The molecule has 2 aromatic rings. The van der Waals surface area contributed by atoms with E-state index in [1.165, 1.54) is 20.0 Å². The number of rotatable bonds is 4. The standard InChI is InChI=1S/C20H16BrNO5/c1-20(2)26-18(24)15(19(25)27-20)11-22-16-9-8-13(21)10-14(16)17(23)12-6-4-3-5-7-12/h3-11,22H,1-2H3. The van der Waals surface area contributed by atoms with Crippen LogP contribution in [0.15, 0.2) is 64.8 Å². The molecule has 0 aromatic heterocycles. The van der Waals surface area contributed by atoms with E-state index in [1.54, 1.807) is 42.5 Å². The summed E-state index contributed by atoms with van der Waals surface area (Å²) in [7, 11) is 0. The average Bonchev–Trinajstić information content (AvgIpc) is 2.61. The van der Waals surface area contributed by atoms with Gasteiger partial charge in [0.15, 0.2) is 11.4 Å². The summed E-state index contributed by atoms with van der Waals surface area (Å²) in [5, 5.41) is 2.84. The number of hydrogen-bond donors (Lipinski definition) is 1. The summed E-state index contributed by atoms with van der Waals surface area (Å²) < 4.78 is 10.8. The van der Waals surface area contributed by atoms with Gasteiger partial charge in [-0.1, -0.05) is 46.3 Å². The molecule has 27 heavy (non-hydrogen) atoms. The Morgan fingerprint density at radius 1 is 1.04 bits per heavy atom. The summed E-state index contributed by atoms with van der Waals surface area (Å²) in [6.07, 6.45) is 1.19. The minimum absolute atomic E-state index is 0.201. The summed E-state index contributed by atoms with van der Waals surface area (Å²) in [5.74, 6) is -3.10. The van der Waals surface area contributed by atoms with Crippen LogP contribution in [0.4, 0.5) is 5.69 Å². The number of hydrogen-bond acceptors (Lipinski definition) is 6. The van der Waals surface area contributed by atoms with E-state index in [1.807, 2.05) is 6.07 Å². The van der Waals surface area contributed by atoms with Gasteiger partial charge in [-0.05, 0) is 18.2 Å². The van der Waals surface area contributed by atoms with Crippen LogP contribution in [0.2, 0.25) is 0 Å². The lowest BCUT2D eigenvalue weighted by Gasteiger charge is -2.29. The Hall–Kier alpha value is -2.93. The first kappa shape index (κ1) is 18.8. The number of carbonyl (C=O) groups excluding carboxylic acids is 3. The monoisotopic (exact) mass is 429 g/mol. The van der Waals surface area contributed by atoms with Crippen LogP contribution in [0.3, 0.4) is 0 Å². The van der Waals surface area contributed by atoms with Gasteiger partial charge >= 0.3 is 11.9 Å². The van der Waals surface area contributed by atoms with E-state index in [2.05, 4.69) is 21.2 Å². The maximum Gasteiger partial charge on any atom is 0.350 e. The van der Waals surface area contributed by atoms with Crippen molar-refractivity contribution in [1.82, 2.24) is 0 Å². The van der Waals surface area contributed by atoms with Crippen LogP contribution >= 0.6 is 15.9 Å². The molecule has 0 unspecified atom stereocenters. The molecule has 0 bridgehead atoms. The third-order valence-corrected chi connectivity index (χ3v) is 4.24. The highest BCUT2D eigenvalue weighted by molar-refractivity contribution is 9.10. The normalized spacial score (nSPS) is 15.6. The predicted molar refractivity (Wildman–Crippen MR) is 102 cm³/mol. The maximum absolute atomic E-state index is 12.8. The SMILES string of the molecule is CC1(C)OC(=O)C(=CNc2ccc(Br)cc2C(=O)c2ccccc2)C(=O)O1. The first-order chi connectivity index (χ1) is 12.8. The fraction of sp³-hybridized carbons (Fsp3) is 0.150. The number of halogens is 1. The van der Waals surface area contributed by atoms with Crippen LogP contribution in [0.25, 0.3) is 0 Å². The van der Waals surface area contributed by atoms with Crippen molar-refractivity contribution in [2.75, 3.05) is 5.32 Å². The predicted octanol–water partition coefficient (Wildman–Crippen LogP) is 3.81. The molecule has 0 saturated carbocycles. The number of nitrogens with one attached hydrogen (secondary N) is 1. The minimum Gasteiger partial charge on any atom is -0.419 e. The smallest absolute Gasteiger partial charge is 0.350 e. The molecular formula is C20H16BrNO5. The molecule has 1 heterocycles. The van der Waals surface area contributed by atoms with Crippen LogP contribution in [0.5, 0.6) is 0 Å². The zero-order valence-corrected chi connectivity index (χ0v) is 16.2. The molecule has 7 heteroatoms. The third kappa shape index (κ3) is 4.25. The Kier molecular flexibility index (Phi) is 5.14. The van der Waals surface area contributed by atoms with E-state index in [4.69, 9.17) is 9.47 Å². The van der Waals surface area contributed by atoms with Gasteiger partial charge in [0.05, 0.1) is 0 Å². The van der Waals surface area contributed by atoms with Crippen LogP contribution in [-0.2, 0) is 19.1 Å². The second-order valence-electron chi connectivity index (χ2n) is 6.27. The maximum atomic E-state index is 12.8. The van der Waals surface area contributed by atoms with Gasteiger partial charge in [-0.2, -0.15) is 0 Å². The Balaban J connectivity index is 1.91. The lowest BCUT2D eigenvalue weighted by Crippen LogP contribution is -2.42. The zero-order valence-electron chi connectivity index (χ0n) is 14.6. The number of esters is 2. The molecule has 138 valence electrons. The first-order valence-electron chi connectivity index (χ1n) is 8.09. The Morgan fingerprint density at radius 3 is 2.30 bits per heavy atom. The van der Waals surface area contributed by atoms with Gasteiger partial charge in [0.25, 0.3) is 5.79 Å². The molecule has 0 atom stereocenters. The number of benzene rings is 2. The van der Waals surface area contributed by atoms with Gasteiger partial charge in [0.2, 0.25) is 0 Å². The Morgan fingerprint density at radius 2 is 1.67 bits per heavy atom. The third-order valence-electron chi connectivity index (χ3n) is 3.75. The molecule has 6 nitrogen and oxygen atoms in total. The summed E-state index contributed by atoms with van der Waals surface area (Å²) >= 11 is 3.35. The zero-order chi connectivity index (χ0) is 19.6. The van der Waals surface area contributed by atoms with E-state index in [-0.39, 0.29) is 11.4 Å². The van der Waals surface area contributed by atoms with Gasteiger partial charge in [0, 0.05) is 41.3 Å². The van der Waals surface area contributed by atoms with Crippen molar-refractivity contribution >= 4 is 39.3 Å². The molecule has 1 aliphatic heterocycles. The van der Waals surface area contributed by atoms with Crippen LogP contribution in [0.1, 0.15) is 29.8 Å². The number of carbonyl (C=O) groups is 3. The molecule has 2 aromatic carbocycles. The van der Waals surface area contributed by atoms with Crippen molar-refractivity contribution in [3.8, 4) is 0 Å². The molecule has 1 aliphatic rings. The first-order valence-corrected chi connectivity index (χ1v) is 8.89. The van der Waals surface area contributed by atoms with Gasteiger partial charge in [-0.3, -0.25) is 4.79 Å². The van der Waals surface area contributed by atoms with Crippen molar-refractivity contribution < 1.29 is 23.9 Å². The van der Waals surface area contributed by atoms with Crippen molar-refractivity contribution in [3.05, 3.63) is 75.9 Å². The summed E-state index contributed by atoms with van der Waals surface area (Å²) in [6.45, 7) is 2.94. The number of anilines is 1. The second kappa shape index (κ2) is 7.36. The minimum atomic E-state index is -1.31. The molecule has 1 saturated heterocycles. The summed E-state index contributed by atoms with van der Waals surface area (Å²) in [6, 6.07) is 13.9. The lowest BCUT2D eigenvalue weighted by molar-refractivity contribution is -0.222. The fourth-order valence-electron chi connectivity index (χ4n) is 2.50. The van der Waals surface area contributed by atoms with Crippen molar-refractivity contribution in [3.63, 3.8) is 0 Å². The van der Waals surface area contributed by atoms with E-state index in [9.17, 15) is 14.4 Å². The lowest BCUT2D eigenvalue weighted by atomic mass is 10.0. The van der Waals surface area contributed by atoms with Gasteiger partial charge in [-0.15, -0.1) is 0 Å². The van der Waals surface area contributed by atoms with Crippen molar-refractivity contribution in [1.29, 1.82) is 0 Å². The highest BCUT2D eigenvalue weighted by Gasteiger charge is 2.39. The fourth-order valence-corrected chi connectivity index (χ4v) is 2.86. The van der Waals surface area contributed by atoms with E-state index in [0.29, 0.717) is 16.8 Å². The molecule has 0 aliphatic carbocycles. The molecule has 0 amide bonds. The van der Waals surface area contributed by atoms with Gasteiger partial charge in [0.1, 0.15) is 0 Å². The Bertz CT molecular complexity index is 928. The second-order valence-corrected chi connectivity index (χ2v) is 7.18. The number of ketones is 1. The quantitative estimate of drug-likeness (QED) is 0.344. The van der Waals surface area contributed by atoms with Crippen molar-refractivity contribution in [2.24, 2.45) is 0 Å².